The highest BCUT2D eigenvalue weighted by Crippen LogP contribution is 2.25. The molecule has 0 bridgehead atoms. The van der Waals surface area contributed by atoms with Crippen molar-refractivity contribution >= 4 is 32.4 Å². The maximum Gasteiger partial charge on any atom is 0.243 e. The maximum atomic E-state index is 12.7. The molecule has 1 fully saturated rings. The first kappa shape index (κ1) is 17.9. The predicted octanol–water partition coefficient (Wildman–Crippen LogP) is 4.33. The van der Waals surface area contributed by atoms with E-state index in [4.69, 9.17) is 0 Å². The number of aromatic nitrogens is 1. The zero-order valence-electron chi connectivity index (χ0n) is 15.4. The highest BCUT2D eigenvalue weighted by molar-refractivity contribution is 7.89. The van der Waals surface area contributed by atoms with Crippen molar-refractivity contribution in [2.75, 3.05) is 18.4 Å². The topological polar surface area (TPSA) is 62.3 Å². The lowest BCUT2D eigenvalue weighted by molar-refractivity contribution is 0.477. The van der Waals surface area contributed by atoms with Gasteiger partial charge in [-0.15, -0.1) is 0 Å². The third-order valence-electron chi connectivity index (χ3n) is 5.00. The van der Waals surface area contributed by atoms with Crippen LogP contribution >= 0.6 is 0 Å². The molecule has 0 radical (unpaired) electrons. The summed E-state index contributed by atoms with van der Waals surface area (Å²) in [6.07, 6.45) is 2.88. The highest BCUT2D eigenvalue weighted by atomic mass is 32.2. The van der Waals surface area contributed by atoms with E-state index in [1.54, 1.807) is 22.5 Å². The Kier molecular flexibility index (Phi) is 4.85. The summed E-state index contributed by atoms with van der Waals surface area (Å²) in [7, 11) is -3.41. The van der Waals surface area contributed by atoms with Gasteiger partial charge in [-0.25, -0.2) is 13.4 Å². The number of benzene rings is 2. The first-order valence-corrected chi connectivity index (χ1v) is 10.8. The molecule has 0 unspecified atom stereocenters. The van der Waals surface area contributed by atoms with Gasteiger partial charge in [0.25, 0.3) is 0 Å². The van der Waals surface area contributed by atoms with E-state index in [2.05, 4.69) is 29.4 Å². The summed E-state index contributed by atoms with van der Waals surface area (Å²) in [5.74, 6) is 0.738. The van der Waals surface area contributed by atoms with E-state index in [9.17, 15) is 8.42 Å². The van der Waals surface area contributed by atoms with Crippen molar-refractivity contribution in [1.29, 1.82) is 0 Å². The zero-order chi connectivity index (χ0) is 18.9. The number of pyridine rings is 1. The summed E-state index contributed by atoms with van der Waals surface area (Å²) in [6.45, 7) is 3.35. The van der Waals surface area contributed by atoms with Gasteiger partial charge in [0.15, 0.2) is 0 Å². The lowest BCUT2D eigenvalue weighted by atomic mass is 10.1. The molecule has 4 rings (SSSR count). The SMILES string of the molecule is CCc1ccc(Nc2ccc3cc(S(=O)(=O)N4CCCC4)ccc3n2)cc1. The molecule has 1 aliphatic heterocycles. The van der Waals surface area contributed by atoms with Crippen LogP contribution in [0.1, 0.15) is 25.3 Å². The van der Waals surface area contributed by atoms with Gasteiger partial charge in [-0.3, -0.25) is 0 Å². The molecule has 27 heavy (non-hydrogen) atoms. The monoisotopic (exact) mass is 381 g/mol. The number of aryl methyl sites for hydroxylation is 1. The van der Waals surface area contributed by atoms with E-state index in [-0.39, 0.29) is 0 Å². The van der Waals surface area contributed by atoms with Crippen LogP contribution in [0.4, 0.5) is 11.5 Å². The minimum atomic E-state index is -3.41. The van der Waals surface area contributed by atoms with Crippen LogP contribution in [0.15, 0.2) is 59.5 Å². The van der Waals surface area contributed by atoms with Crippen LogP contribution < -0.4 is 5.32 Å². The third kappa shape index (κ3) is 3.68. The molecule has 5 nitrogen and oxygen atoms in total. The Morgan fingerprint density at radius 3 is 2.44 bits per heavy atom. The molecule has 1 N–H and O–H groups in total. The molecular formula is C21H23N3O2S. The third-order valence-corrected chi connectivity index (χ3v) is 6.89. The minimum absolute atomic E-state index is 0.342. The van der Waals surface area contributed by atoms with Crippen LogP contribution in [0, 0.1) is 0 Å². The molecule has 6 heteroatoms. The van der Waals surface area contributed by atoms with Gasteiger partial charge < -0.3 is 5.32 Å². The Labute approximate surface area is 160 Å². The van der Waals surface area contributed by atoms with Crippen LogP contribution in [0.25, 0.3) is 10.9 Å². The number of nitrogens with one attached hydrogen (secondary N) is 1. The van der Waals surface area contributed by atoms with Crippen molar-refractivity contribution < 1.29 is 8.42 Å². The van der Waals surface area contributed by atoms with Gasteiger partial charge in [0.2, 0.25) is 10.0 Å². The van der Waals surface area contributed by atoms with E-state index in [1.165, 1.54) is 5.56 Å². The number of fused-ring (bicyclic) bond motifs is 1. The Morgan fingerprint density at radius 2 is 1.74 bits per heavy atom. The van der Waals surface area contributed by atoms with Crippen molar-refractivity contribution in [3.8, 4) is 0 Å². The fraction of sp³-hybridized carbons (Fsp3) is 0.286. The maximum absolute atomic E-state index is 12.7. The molecule has 0 saturated carbocycles. The summed E-state index contributed by atoms with van der Waals surface area (Å²) in [5, 5.41) is 4.12. The number of nitrogens with zero attached hydrogens (tertiary/aromatic N) is 2. The molecule has 0 spiro atoms. The second-order valence-corrected chi connectivity index (χ2v) is 8.78. The Bertz CT molecular complexity index is 1060. The van der Waals surface area contributed by atoms with Gasteiger partial charge >= 0.3 is 0 Å². The van der Waals surface area contributed by atoms with Crippen molar-refractivity contribution in [3.63, 3.8) is 0 Å². The standard InChI is InChI=1S/C21H23N3O2S/c1-2-16-5-8-18(9-6-16)22-21-12-7-17-15-19(10-11-20(17)23-21)27(25,26)24-13-3-4-14-24/h5-12,15H,2-4,13-14H2,1H3,(H,22,23). The van der Waals surface area contributed by atoms with Crippen LogP contribution in [0.2, 0.25) is 0 Å². The van der Waals surface area contributed by atoms with Gasteiger partial charge in [-0.2, -0.15) is 4.31 Å². The van der Waals surface area contributed by atoms with Crippen LogP contribution in [-0.4, -0.2) is 30.8 Å². The summed E-state index contributed by atoms with van der Waals surface area (Å²) in [5.41, 5.74) is 3.04. The predicted molar refractivity (Wildman–Crippen MR) is 109 cm³/mol. The Morgan fingerprint density at radius 1 is 1.00 bits per heavy atom. The summed E-state index contributed by atoms with van der Waals surface area (Å²) < 4.78 is 27.0. The molecule has 2 aromatic carbocycles. The summed E-state index contributed by atoms with van der Waals surface area (Å²) in [6, 6.07) is 17.2. The van der Waals surface area contributed by atoms with E-state index >= 15 is 0 Å². The largest absolute Gasteiger partial charge is 0.340 e. The van der Waals surface area contributed by atoms with Crippen LogP contribution in [0.3, 0.4) is 0 Å². The van der Waals surface area contributed by atoms with E-state index in [1.807, 2.05) is 24.3 Å². The van der Waals surface area contributed by atoms with Gasteiger partial charge in [0, 0.05) is 24.2 Å². The lowest BCUT2D eigenvalue weighted by Crippen LogP contribution is -2.27. The molecule has 1 saturated heterocycles. The summed E-state index contributed by atoms with van der Waals surface area (Å²) in [4.78, 5) is 4.96. The molecule has 140 valence electrons. The molecule has 1 aliphatic rings. The molecule has 1 aromatic heterocycles. The molecule has 3 aromatic rings. The van der Waals surface area contributed by atoms with Gasteiger partial charge in [0.05, 0.1) is 10.4 Å². The number of anilines is 2. The molecule has 0 atom stereocenters. The Balaban J connectivity index is 1.60. The van der Waals surface area contributed by atoms with Crippen molar-refractivity contribution in [2.24, 2.45) is 0 Å². The van der Waals surface area contributed by atoms with Gasteiger partial charge in [0.1, 0.15) is 5.82 Å². The number of hydrogen-bond donors (Lipinski definition) is 1. The quantitative estimate of drug-likeness (QED) is 0.715. The average molecular weight is 382 g/mol. The lowest BCUT2D eigenvalue weighted by Gasteiger charge is -2.15. The van der Waals surface area contributed by atoms with Crippen LogP contribution in [-0.2, 0) is 16.4 Å². The van der Waals surface area contributed by atoms with Gasteiger partial charge in [-0.1, -0.05) is 19.1 Å². The van der Waals surface area contributed by atoms with E-state index < -0.39 is 10.0 Å². The average Bonchev–Trinajstić information content (AvgIpc) is 3.24. The normalized spacial score (nSPS) is 15.3. The first-order chi connectivity index (χ1) is 13.1. The number of sulfonamides is 1. The number of rotatable bonds is 5. The van der Waals surface area contributed by atoms with Gasteiger partial charge in [-0.05, 0) is 67.3 Å². The molecule has 0 aliphatic carbocycles. The van der Waals surface area contributed by atoms with Crippen molar-refractivity contribution in [1.82, 2.24) is 9.29 Å². The minimum Gasteiger partial charge on any atom is -0.340 e. The van der Waals surface area contributed by atoms with Crippen molar-refractivity contribution in [3.05, 3.63) is 60.2 Å². The fourth-order valence-corrected chi connectivity index (χ4v) is 4.94. The Hall–Kier alpha value is -2.44. The summed E-state index contributed by atoms with van der Waals surface area (Å²) >= 11 is 0. The second kappa shape index (κ2) is 7.29. The molecular weight excluding hydrogens is 358 g/mol. The smallest absolute Gasteiger partial charge is 0.243 e. The first-order valence-electron chi connectivity index (χ1n) is 9.33. The number of hydrogen-bond acceptors (Lipinski definition) is 4. The van der Waals surface area contributed by atoms with E-state index in [0.717, 1.165) is 41.7 Å². The zero-order valence-corrected chi connectivity index (χ0v) is 16.2. The molecule has 2 heterocycles. The molecule has 0 amide bonds. The van der Waals surface area contributed by atoms with E-state index in [0.29, 0.717) is 18.0 Å². The second-order valence-electron chi connectivity index (χ2n) is 6.84. The highest BCUT2D eigenvalue weighted by Gasteiger charge is 2.27. The van der Waals surface area contributed by atoms with Crippen LogP contribution in [0.5, 0.6) is 0 Å². The van der Waals surface area contributed by atoms with Crippen molar-refractivity contribution in [2.45, 2.75) is 31.1 Å². The fourth-order valence-electron chi connectivity index (χ4n) is 3.38.